The van der Waals surface area contributed by atoms with E-state index in [4.69, 9.17) is 9.47 Å². The van der Waals surface area contributed by atoms with Crippen LogP contribution in [-0.4, -0.2) is 46.1 Å². The van der Waals surface area contributed by atoms with Crippen molar-refractivity contribution >= 4 is 11.9 Å². The van der Waals surface area contributed by atoms with Crippen LogP contribution in [0.1, 0.15) is 47.2 Å². The molecule has 0 aliphatic carbocycles. The minimum absolute atomic E-state index is 0.00686. The summed E-state index contributed by atoms with van der Waals surface area (Å²) in [4.78, 5) is 30.1. The molecule has 24 heavy (non-hydrogen) atoms. The van der Waals surface area contributed by atoms with Crippen molar-refractivity contribution in [2.75, 3.05) is 13.1 Å². The molecule has 0 aliphatic rings. The van der Waals surface area contributed by atoms with Gasteiger partial charge in [0.1, 0.15) is 11.2 Å². The van der Waals surface area contributed by atoms with Crippen LogP contribution in [0, 0.1) is 0 Å². The minimum Gasteiger partial charge on any atom is -0.459 e. The third kappa shape index (κ3) is 9.25. The van der Waals surface area contributed by atoms with Crippen molar-refractivity contribution in [2.45, 2.75) is 59.3 Å². The molecule has 1 aromatic rings. The van der Waals surface area contributed by atoms with Crippen molar-refractivity contribution in [3.63, 3.8) is 0 Å². The fourth-order valence-corrected chi connectivity index (χ4v) is 2.00. The number of hydrogen-bond acceptors (Lipinski definition) is 6. The molecule has 6 heteroatoms. The Morgan fingerprint density at radius 1 is 0.958 bits per heavy atom. The summed E-state index contributed by atoms with van der Waals surface area (Å²) in [7, 11) is 0. The molecular weight excluding hydrogens is 308 g/mol. The van der Waals surface area contributed by atoms with Gasteiger partial charge in [-0.1, -0.05) is 6.07 Å². The van der Waals surface area contributed by atoms with Crippen LogP contribution >= 0.6 is 0 Å². The molecular formula is C18H28N2O4. The van der Waals surface area contributed by atoms with Crippen molar-refractivity contribution in [1.82, 2.24) is 9.88 Å². The summed E-state index contributed by atoms with van der Waals surface area (Å²) in [6.07, 6.45) is 1.68. The van der Waals surface area contributed by atoms with Gasteiger partial charge in [-0.15, -0.1) is 0 Å². The van der Waals surface area contributed by atoms with Gasteiger partial charge in [-0.2, -0.15) is 0 Å². The van der Waals surface area contributed by atoms with Crippen LogP contribution in [0.3, 0.4) is 0 Å². The molecule has 0 bridgehead atoms. The average molecular weight is 336 g/mol. The Morgan fingerprint density at radius 2 is 1.46 bits per heavy atom. The van der Waals surface area contributed by atoms with Gasteiger partial charge in [0.15, 0.2) is 0 Å². The van der Waals surface area contributed by atoms with Crippen LogP contribution in [0.15, 0.2) is 24.4 Å². The fraction of sp³-hybridized carbons (Fsp3) is 0.611. The average Bonchev–Trinajstić information content (AvgIpc) is 2.34. The molecule has 1 rings (SSSR count). The van der Waals surface area contributed by atoms with Gasteiger partial charge < -0.3 is 9.47 Å². The summed E-state index contributed by atoms with van der Waals surface area (Å²) in [5, 5.41) is 0. The Morgan fingerprint density at radius 3 is 1.83 bits per heavy atom. The van der Waals surface area contributed by atoms with Crippen molar-refractivity contribution in [1.29, 1.82) is 0 Å². The van der Waals surface area contributed by atoms with Gasteiger partial charge in [-0.05, 0) is 53.7 Å². The number of rotatable bonds is 6. The first-order valence-corrected chi connectivity index (χ1v) is 8.00. The van der Waals surface area contributed by atoms with E-state index in [1.54, 1.807) is 11.1 Å². The lowest BCUT2D eigenvalue weighted by molar-refractivity contribution is -0.160. The predicted octanol–water partition coefficient (Wildman–Crippen LogP) is 2.57. The zero-order chi connectivity index (χ0) is 18.4. The molecule has 0 unspecified atom stereocenters. The summed E-state index contributed by atoms with van der Waals surface area (Å²) in [5.74, 6) is -0.774. The summed E-state index contributed by atoms with van der Waals surface area (Å²) in [5.41, 5.74) is -0.371. The van der Waals surface area contributed by atoms with E-state index in [1.807, 2.05) is 59.7 Å². The fourth-order valence-electron chi connectivity index (χ4n) is 2.00. The second-order valence-electron chi connectivity index (χ2n) is 7.64. The third-order valence-electron chi connectivity index (χ3n) is 2.66. The standard InChI is InChI=1S/C18H28N2O4/c1-17(2,3)23-15(21)12-20(11-14-9-7-8-10-19-14)13-16(22)24-18(4,5)6/h7-10H,11-13H2,1-6H3. The molecule has 0 fully saturated rings. The van der Waals surface area contributed by atoms with Gasteiger partial charge in [-0.25, -0.2) is 0 Å². The number of pyridine rings is 1. The summed E-state index contributed by atoms with van der Waals surface area (Å²) in [6, 6.07) is 5.52. The highest BCUT2D eigenvalue weighted by molar-refractivity contribution is 5.75. The van der Waals surface area contributed by atoms with Crippen LogP contribution in [0.5, 0.6) is 0 Å². The Bertz CT molecular complexity index is 514. The number of carbonyl (C=O) groups excluding carboxylic acids is 2. The number of nitrogens with zero attached hydrogens (tertiary/aromatic N) is 2. The molecule has 0 aliphatic heterocycles. The van der Waals surface area contributed by atoms with Gasteiger partial charge in [0.25, 0.3) is 0 Å². The molecule has 134 valence electrons. The zero-order valence-corrected chi connectivity index (χ0v) is 15.5. The second kappa shape index (κ2) is 8.24. The molecule has 1 aromatic heterocycles. The number of ether oxygens (including phenoxy) is 2. The number of carbonyl (C=O) groups is 2. The summed E-state index contributed by atoms with van der Waals surface area (Å²) >= 11 is 0. The Balaban J connectivity index is 2.75. The monoisotopic (exact) mass is 336 g/mol. The molecule has 0 spiro atoms. The Labute approximate surface area is 144 Å². The number of aromatic nitrogens is 1. The first kappa shape index (κ1) is 20.1. The highest BCUT2D eigenvalue weighted by atomic mass is 16.6. The molecule has 0 atom stereocenters. The first-order chi connectivity index (χ1) is 10.9. The van der Waals surface area contributed by atoms with Crippen LogP contribution in [-0.2, 0) is 25.6 Å². The molecule has 0 saturated heterocycles. The highest BCUT2D eigenvalue weighted by Gasteiger charge is 2.23. The van der Waals surface area contributed by atoms with E-state index in [-0.39, 0.29) is 25.0 Å². The molecule has 0 N–H and O–H groups in total. The molecule has 0 saturated carbocycles. The van der Waals surface area contributed by atoms with Gasteiger partial charge in [-0.3, -0.25) is 19.5 Å². The maximum Gasteiger partial charge on any atom is 0.320 e. The van der Waals surface area contributed by atoms with Crippen LogP contribution in [0.25, 0.3) is 0 Å². The van der Waals surface area contributed by atoms with E-state index in [9.17, 15) is 9.59 Å². The van der Waals surface area contributed by atoms with E-state index in [2.05, 4.69) is 4.98 Å². The molecule has 0 aromatic carbocycles. The Hall–Kier alpha value is -1.95. The number of esters is 2. The van der Waals surface area contributed by atoms with Crippen molar-refractivity contribution in [3.8, 4) is 0 Å². The predicted molar refractivity (Wildman–Crippen MR) is 91.2 cm³/mol. The topological polar surface area (TPSA) is 68.7 Å². The van der Waals surface area contributed by atoms with E-state index < -0.39 is 11.2 Å². The largest absolute Gasteiger partial charge is 0.459 e. The van der Waals surface area contributed by atoms with E-state index >= 15 is 0 Å². The first-order valence-electron chi connectivity index (χ1n) is 8.00. The van der Waals surface area contributed by atoms with Crippen LogP contribution < -0.4 is 0 Å². The Kier molecular flexibility index (Phi) is 6.90. The SMILES string of the molecule is CC(C)(C)OC(=O)CN(CC(=O)OC(C)(C)C)Cc1ccccn1. The summed E-state index contributed by atoms with van der Waals surface area (Å²) < 4.78 is 10.7. The highest BCUT2D eigenvalue weighted by Crippen LogP contribution is 2.11. The van der Waals surface area contributed by atoms with Crippen molar-refractivity contribution in [2.24, 2.45) is 0 Å². The molecule has 6 nitrogen and oxygen atoms in total. The van der Waals surface area contributed by atoms with Gasteiger partial charge in [0.05, 0.1) is 18.8 Å². The van der Waals surface area contributed by atoms with E-state index in [1.165, 1.54) is 0 Å². The zero-order valence-electron chi connectivity index (χ0n) is 15.5. The van der Waals surface area contributed by atoms with Crippen molar-refractivity contribution < 1.29 is 19.1 Å². The maximum absolute atomic E-state index is 12.1. The van der Waals surface area contributed by atoms with Crippen LogP contribution in [0.4, 0.5) is 0 Å². The smallest absolute Gasteiger partial charge is 0.320 e. The maximum atomic E-state index is 12.1. The van der Waals surface area contributed by atoms with Gasteiger partial charge in [0, 0.05) is 12.7 Å². The van der Waals surface area contributed by atoms with Gasteiger partial charge >= 0.3 is 11.9 Å². The van der Waals surface area contributed by atoms with Crippen molar-refractivity contribution in [3.05, 3.63) is 30.1 Å². The lowest BCUT2D eigenvalue weighted by Gasteiger charge is -2.26. The lowest BCUT2D eigenvalue weighted by Crippen LogP contribution is -2.39. The second-order valence-corrected chi connectivity index (χ2v) is 7.64. The van der Waals surface area contributed by atoms with E-state index in [0.717, 1.165) is 5.69 Å². The third-order valence-corrected chi connectivity index (χ3v) is 2.66. The van der Waals surface area contributed by atoms with Crippen LogP contribution in [0.2, 0.25) is 0 Å². The molecule has 0 amide bonds. The van der Waals surface area contributed by atoms with E-state index in [0.29, 0.717) is 6.54 Å². The van der Waals surface area contributed by atoms with Gasteiger partial charge in [0.2, 0.25) is 0 Å². The molecule has 1 heterocycles. The lowest BCUT2D eigenvalue weighted by atomic mass is 10.2. The normalized spacial score (nSPS) is 12.1. The number of hydrogen-bond donors (Lipinski definition) is 0. The quantitative estimate of drug-likeness (QED) is 0.744. The minimum atomic E-state index is -0.570. The molecule has 0 radical (unpaired) electrons. The summed E-state index contributed by atoms with van der Waals surface area (Å²) in [6.45, 7) is 11.2.